The number of hydrogen-bond donors (Lipinski definition) is 2. The minimum atomic E-state index is 0. The van der Waals surface area contributed by atoms with Crippen molar-refractivity contribution in [2.24, 2.45) is 0 Å². The molecular weight excluding hydrogens is 545 g/mol. The second-order valence-electron chi connectivity index (χ2n) is 9.57. The summed E-state index contributed by atoms with van der Waals surface area (Å²) >= 11 is 1.27. The van der Waals surface area contributed by atoms with Crippen molar-refractivity contribution in [3.63, 3.8) is 0 Å². The molecule has 0 atom stereocenters. The zero-order chi connectivity index (χ0) is 28.0. The Labute approximate surface area is 258 Å². The molecule has 4 nitrogen and oxygen atoms in total. The van der Waals surface area contributed by atoms with Gasteiger partial charge in [0.05, 0.1) is 23.1 Å². The third-order valence-corrected chi connectivity index (χ3v) is 7.57. The highest BCUT2D eigenvalue weighted by molar-refractivity contribution is 7.00. The summed E-state index contributed by atoms with van der Waals surface area (Å²) in [5.74, 6) is 0. The molecule has 0 aliphatic carbocycles. The molecule has 1 heterocycles. The molecule has 0 saturated carbocycles. The standard InChI is InChI=1S/C18H12N2S.C18H16N2.2CH4/c1-3-7-13(8-4-1)15-11-12-16(14-9-5-2-6-10-14)18-17(15)19-21-20-18;19-17-15(13-7-3-1-4-8-13)11-12-16(18(17)20)14-9-5-2-6-10-14;;/h1-12H;1-12H,19-20H2;2*1H4. The van der Waals surface area contributed by atoms with Crippen LogP contribution in [-0.2, 0) is 0 Å². The summed E-state index contributed by atoms with van der Waals surface area (Å²) in [6.07, 6.45) is 0. The predicted molar refractivity (Wildman–Crippen MR) is 188 cm³/mol. The van der Waals surface area contributed by atoms with Gasteiger partial charge in [-0.25, -0.2) is 0 Å². The van der Waals surface area contributed by atoms with Crippen molar-refractivity contribution in [1.82, 2.24) is 8.75 Å². The second-order valence-corrected chi connectivity index (χ2v) is 10.1. The van der Waals surface area contributed by atoms with E-state index < -0.39 is 0 Å². The van der Waals surface area contributed by atoms with Gasteiger partial charge in [0.2, 0.25) is 0 Å². The Morgan fingerprint density at radius 1 is 0.349 bits per heavy atom. The fourth-order valence-electron chi connectivity index (χ4n) is 4.94. The SMILES string of the molecule is C.C.Nc1c(-c2ccccc2)ccc(-c2ccccc2)c1N.c1ccc(-c2ccc(-c3ccccc3)c3nsnc23)cc1. The highest BCUT2D eigenvalue weighted by Gasteiger charge is 2.13. The molecule has 0 unspecified atom stereocenters. The van der Waals surface area contributed by atoms with E-state index in [9.17, 15) is 0 Å². The number of benzene rings is 6. The maximum Gasteiger partial charge on any atom is 0.113 e. The Balaban J connectivity index is 0.000000188. The van der Waals surface area contributed by atoms with Crippen LogP contribution >= 0.6 is 11.7 Å². The first kappa shape index (κ1) is 30.7. The number of nitrogens with two attached hydrogens (primary N) is 2. The molecule has 1 aromatic heterocycles. The van der Waals surface area contributed by atoms with E-state index >= 15 is 0 Å². The van der Waals surface area contributed by atoms with Crippen LogP contribution in [0, 0.1) is 0 Å². The lowest BCUT2D eigenvalue weighted by Crippen LogP contribution is -1.99. The lowest BCUT2D eigenvalue weighted by Gasteiger charge is -2.13. The van der Waals surface area contributed by atoms with Crippen LogP contribution in [0.3, 0.4) is 0 Å². The first-order chi connectivity index (χ1) is 20.2. The van der Waals surface area contributed by atoms with Gasteiger partial charge < -0.3 is 11.5 Å². The van der Waals surface area contributed by atoms with Crippen LogP contribution in [0.5, 0.6) is 0 Å². The van der Waals surface area contributed by atoms with E-state index in [0.29, 0.717) is 11.4 Å². The lowest BCUT2D eigenvalue weighted by molar-refractivity contribution is 1.58. The molecule has 4 N–H and O–H groups in total. The van der Waals surface area contributed by atoms with Crippen molar-refractivity contribution in [3.8, 4) is 44.5 Å². The van der Waals surface area contributed by atoms with Gasteiger partial charge >= 0.3 is 0 Å². The highest BCUT2D eigenvalue weighted by Crippen LogP contribution is 2.37. The second kappa shape index (κ2) is 14.1. The van der Waals surface area contributed by atoms with E-state index in [1.54, 1.807) is 0 Å². The Morgan fingerprint density at radius 2 is 0.605 bits per heavy atom. The lowest BCUT2D eigenvalue weighted by atomic mass is 9.96. The van der Waals surface area contributed by atoms with Gasteiger partial charge in [0.15, 0.2) is 0 Å². The van der Waals surface area contributed by atoms with E-state index in [0.717, 1.165) is 44.4 Å². The van der Waals surface area contributed by atoms with Crippen LogP contribution in [0.2, 0.25) is 0 Å². The van der Waals surface area contributed by atoms with E-state index in [-0.39, 0.29) is 14.9 Å². The molecule has 6 aromatic carbocycles. The Hall–Kier alpha value is -5.26. The molecule has 0 aliphatic rings. The first-order valence-electron chi connectivity index (χ1n) is 13.4. The van der Waals surface area contributed by atoms with E-state index in [2.05, 4.69) is 45.1 Å². The largest absolute Gasteiger partial charge is 0.397 e. The average Bonchev–Trinajstić information content (AvgIpc) is 3.54. The molecule has 0 amide bonds. The maximum absolute atomic E-state index is 6.23. The normalized spacial score (nSPS) is 10.1. The van der Waals surface area contributed by atoms with Crippen molar-refractivity contribution in [3.05, 3.63) is 146 Å². The van der Waals surface area contributed by atoms with Crippen molar-refractivity contribution in [2.45, 2.75) is 14.9 Å². The van der Waals surface area contributed by atoms with Crippen molar-refractivity contribution >= 4 is 34.1 Å². The number of nitrogens with zero attached hydrogens (tertiary/aromatic N) is 2. The number of anilines is 2. The summed E-state index contributed by atoms with van der Waals surface area (Å²) in [5.41, 5.74) is 24.4. The predicted octanol–water partition coefficient (Wildman–Crippen LogP) is 10.5. The third-order valence-electron chi connectivity index (χ3n) is 7.04. The highest BCUT2D eigenvalue weighted by atomic mass is 32.1. The summed E-state index contributed by atoms with van der Waals surface area (Å²) in [4.78, 5) is 0. The fraction of sp³-hybridized carbons (Fsp3) is 0.0526. The van der Waals surface area contributed by atoms with E-state index in [4.69, 9.17) is 11.5 Å². The molecule has 0 bridgehead atoms. The molecular formula is C38H36N4S. The molecule has 0 fully saturated rings. The van der Waals surface area contributed by atoms with E-state index in [1.807, 2.05) is 109 Å². The van der Waals surface area contributed by atoms with Gasteiger partial charge in [0.1, 0.15) is 11.0 Å². The van der Waals surface area contributed by atoms with E-state index in [1.165, 1.54) is 22.9 Å². The number of fused-ring (bicyclic) bond motifs is 1. The van der Waals surface area contributed by atoms with Crippen molar-refractivity contribution in [1.29, 1.82) is 0 Å². The molecule has 0 saturated heterocycles. The molecule has 214 valence electrons. The zero-order valence-electron chi connectivity index (χ0n) is 22.3. The van der Waals surface area contributed by atoms with Gasteiger partial charge in [0, 0.05) is 22.3 Å². The van der Waals surface area contributed by atoms with Crippen LogP contribution in [0.25, 0.3) is 55.5 Å². The number of aromatic nitrogens is 2. The quantitative estimate of drug-likeness (QED) is 0.203. The molecule has 7 rings (SSSR count). The third kappa shape index (κ3) is 6.48. The Kier molecular flexibility index (Phi) is 10.0. The van der Waals surface area contributed by atoms with Crippen LogP contribution < -0.4 is 11.5 Å². The number of rotatable bonds is 4. The summed E-state index contributed by atoms with van der Waals surface area (Å²) in [6.45, 7) is 0. The monoisotopic (exact) mass is 580 g/mol. The summed E-state index contributed by atoms with van der Waals surface area (Å²) < 4.78 is 9.02. The van der Waals surface area contributed by atoms with Crippen LogP contribution in [-0.4, -0.2) is 8.75 Å². The molecule has 0 spiro atoms. The smallest absolute Gasteiger partial charge is 0.113 e. The topological polar surface area (TPSA) is 77.8 Å². The minimum absolute atomic E-state index is 0. The van der Waals surface area contributed by atoms with Gasteiger partial charge in [-0.2, -0.15) is 8.75 Å². The molecule has 0 aliphatic heterocycles. The molecule has 43 heavy (non-hydrogen) atoms. The summed E-state index contributed by atoms with van der Waals surface area (Å²) in [5, 5.41) is 0. The fourth-order valence-corrected chi connectivity index (χ4v) is 5.52. The van der Waals surface area contributed by atoms with Gasteiger partial charge in [0.25, 0.3) is 0 Å². The number of nitrogen functional groups attached to an aromatic ring is 2. The summed E-state index contributed by atoms with van der Waals surface area (Å²) in [7, 11) is 0. The summed E-state index contributed by atoms with van der Waals surface area (Å²) in [6, 6.07) is 49.1. The van der Waals surface area contributed by atoms with Crippen molar-refractivity contribution in [2.75, 3.05) is 11.5 Å². The average molecular weight is 581 g/mol. The van der Waals surface area contributed by atoms with Gasteiger partial charge in [-0.3, -0.25) is 0 Å². The van der Waals surface area contributed by atoms with Gasteiger partial charge in [-0.15, -0.1) is 0 Å². The zero-order valence-corrected chi connectivity index (χ0v) is 23.1. The van der Waals surface area contributed by atoms with Crippen LogP contribution in [0.15, 0.2) is 146 Å². The number of hydrogen-bond acceptors (Lipinski definition) is 5. The van der Waals surface area contributed by atoms with Crippen LogP contribution in [0.1, 0.15) is 14.9 Å². The Bertz CT molecular complexity index is 1750. The first-order valence-corrected chi connectivity index (χ1v) is 14.1. The maximum atomic E-state index is 6.23. The van der Waals surface area contributed by atoms with Gasteiger partial charge in [-0.1, -0.05) is 160 Å². The van der Waals surface area contributed by atoms with Crippen molar-refractivity contribution < 1.29 is 0 Å². The molecule has 7 aromatic rings. The molecule has 5 heteroatoms. The minimum Gasteiger partial charge on any atom is -0.397 e. The van der Waals surface area contributed by atoms with Gasteiger partial charge in [-0.05, 0) is 22.3 Å². The Morgan fingerprint density at radius 3 is 0.907 bits per heavy atom. The molecule has 0 radical (unpaired) electrons. The van der Waals surface area contributed by atoms with Crippen LogP contribution in [0.4, 0.5) is 11.4 Å².